The summed E-state index contributed by atoms with van der Waals surface area (Å²) in [5.41, 5.74) is 5.23. The molecule has 0 aliphatic carbocycles. The highest BCUT2D eigenvalue weighted by Gasteiger charge is 2.40. The maximum absolute atomic E-state index is 6.64. The Bertz CT molecular complexity index is 1350. The van der Waals surface area contributed by atoms with Crippen molar-refractivity contribution in [3.63, 3.8) is 0 Å². The fourth-order valence-corrected chi connectivity index (χ4v) is 5.08. The second kappa shape index (κ2) is 7.73. The van der Waals surface area contributed by atoms with Crippen LogP contribution in [0.3, 0.4) is 0 Å². The number of rotatable bonds is 3. The van der Waals surface area contributed by atoms with Gasteiger partial charge in [-0.2, -0.15) is 10.1 Å². The summed E-state index contributed by atoms with van der Waals surface area (Å²) in [7, 11) is 0. The molecule has 4 aromatic rings. The molecule has 158 valence electrons. The first-order valence-corrected chi connectivity index (χ1v) is 11.9. The fourth-order valence-electron chi connectivity index (χ4n) is 4.47. The SMILES string of the molecule is CSc1ccc([C@@H]2Oc3ccccc3C3=C2[C@H](c2cccc(Cl)c2)n2ncnc2N3)cc1. The molecule has 0 bridgehead atoms. The van der Waals surface area contributed by atoms with E-state index in [1.807, 2.05) is 41.1 Å². The van der Waals surface area contributed by atoms with E-state index >= 15 is 0 Å². The van der Waals surface area contributed by atoms with Crippen LogP contribution in [0.25, 0.3) is 5.70 Å². The lowest BCUT2D eigenvalue weighted by Gasteiger charge is -2.39. The molecular weight excluding hydrogens is 440 g/mol. The van der Waals surface area contributed by atoms with Crippen LogP contribution in [0.5, 0.6) is 5.75 Å². The summed E-state index contributed by atoms with van der Waals surface area (Å²) in [4.78, 5) is 5.68. The number of benzene rings is 3. The zero-order valence-corrected chi connectivity index (χ0v) is 18.8. The topological polar surface area (TPSA) is 52.0 Å². The summed E-state index contributed by atoms with van der Waals surface area (Å²) in [6.07, 6.45) is 3.37. The number of halogens is 1. The molecule has 3 heterocycles. The van der Waals surface area contributed by atoms with Crippen molar-refractivity contribution in [3.8, 4) is 5.75 Å². The van der Waals surface area contributed by atoms with Gasteiger partial charge in [0.05, 0.1) is 5.70 Å². The summed E-state index contributed by atoms with van der Waals surface area (Å²) in [5.74, 6) is 1.54. The van der Waals surface area contributed by atoms with Crippen LogP contribution < -0.4 is 10.1 Å². The average Bonchev–Trinajstić information content (AvgIpc) is 3.30. The normalized spacial score (nSPS) is 18.8. The highest BCUT2D eigenvalue weighted by molar-refractivity contribution is 7.98. The molecule has 1 N–H and O–H groups in total. The van der Waals surface area contributed by atoms with E-state index in [9.17, 15) is 0 Å². The number of nitrogens with zero attached hydrogens (tertiary/aromatic N) is 3. The van der Waals surface area contributed by atoms with Crippen LogP contribution in [0, 0.1) is 0 Å². The smallest absolute Gasteiger partial charge is 0.226 e. The predicted octanol–water partition coefficient (Wildman–Crippen LogP) is 6.21. The van der Waals surface area contributed by atoms with E-state index in [1.165, 1.54) is 4.90 Å². The number of fused-ring (bicyclic) bond motifs is 3. The minimum Gasteiger partial charge on any atom is -0.480 e. The van der Waals surface area contributed by atoms with E-state index in [4.69, 9.17) is 16.3 Å². The first-order valence-electron chi connectivity index (χ1n) is 10.3. The Kier molecular flexibility index (Phi) is 4.70. The second-order valence-corrected chi connectivity index (χ2v) is 9.02. The molecule has 1 aromatic heterocycles. The molecule has 0 fully saturated rings. The summed E-state index contributed by atoms with van der Waals surface area (Å²) >= 11 is 8.12. The third-order valence-electron chi connectivity index (χ3n) is 5.90. The van der Waals surface area contributed by atoms with E-state index in [0.717, 1.165) is 33.7 Å². The Labute approximate surface area is 195 Å². The number of thioether (sulfide) groups is 1. The number of anilines is 1. The molecule has 7 heteroatoms. The lowest BCUT2D eigenvalue weighted by atomic mass is 9.84. The van der Waals surface area contributed by atoms with E-state index in [1.54, 1.807) is 18.1 Å². The van der Waals surface area contributed by atoms with Crippen LogP contribution >= 0.6 is 23.4 Å². The van der Waals surface area contributed by atoms with Crippen molar-refractivity contribution >= 4 is 35.0 Å². The largest absolute Gasteiger partial charge is 0.480 e. The number of para-hydroxylation sites is 1. The maximum Gasteiger partial charge on any atom is 0.226 e. The van der Waals surface area contributed by atoms with Crippen molar-refractivity contribution in [3.05, 3.63) is 106 Å². The van der Waals surface area contributed by atoms with E-state index in [-0.39, 0.29) is 12.1 Å². The first-order chi connectivity index (χ1) is 15.7. The van der Waals surface area contributed by atoms with Gasteiger partial charge in [-0.3, -0.25) is 0 Å². The molecule has 2 atom stereocenters. The molecule has 0 saturated heterocycles. The summed E-state index contributed by atoms with van der Waals surface area (Å²) in [6.45, 7) is 0. The second-order valence-electron chi connectivity index (χ2n) is 7.71. The summed E-state index contributed by atoms with van der Waals surface area (Å²) in [6, 6.07) is 24.4. The number of nitrogens with one attached hydrogen (secondary N) is 1. The van der Waals surface area contributed by atoms with Gasteiger partial charge in [0, 0.05) is 21.1 Å². The highest BCUT2D eigenvalue weighted by atomic mass is 35.5. The van der Waals surface area contributed by atoms with Crippen molar-refractivity contribution in [1.82, 2.24) is 14.8 Å². The minimum atomic E-state index is -0.287. The Morgan fingerprint density at radius 2 is 1.84 bits per heavy atom. The highest BCUT2D eigenvalue weighted by Crippen LogP contribution is 2.50. The van der Waals surface area contributed by atoms with E-state index < -0.39 is 0 Å². The zero-order valence-electron chi connectivity index (χ0n) is 17.2. The monoisotopic (exact) mass is 458 g/mol. The quantitative estimate of drug-likeness (QED) is 0.370. The molecule has 3 aromatic carbocycles. The van der Waals surface area contributed by atoms with Crippen LogP contribution in [0.4, 0.5) is 5.95 Å². The Morgan fingerprint density at radius 3 is 2.66 bits per heavy atom. The van der Waals surface area contributed by atoms with Crippen LogP contribution in [-0.2, 0) is 0 Å². The molecular formula is C25H19ClN4OS. The number of aromatic nitrogens is 3. The van der Waals surface area contributed by atoms with Gasteiger partial charge in [-0.05, 0) is 53.8 Å². The third kappa shape index (κ3) is 3.10. The standard InChI is InChI=1S/C25H19ClN4OS/c1-32-18-11-9-15(10-12-18)24-21-22(19-7-2-3-8-20(19)31-24)29-25-27-14-28-30(25)23(21)16-5-4-6-17(26)13-16/h2-14,23-24H,1H3,(H,27,28,29)/t23-,24-/m0/s1. The molecule has 5 nitrogen and oxygen atoms in total. The van der Waals surface area contributed by atoms with Gasteiger partial charge in [-0.15, -0.1) is 11.8 Å². The molecule has 0 unspecified atom stereocenters. The van der Waals surface area contributed by atoms with Crippen LogP contribution in [0.15, 0.2) is 89.6 Å². The van der Waals surface area contributed by atoms with Crippen molar-refractivity contribution in [2.75, 3.05) is 11.6 Å². The van der Waals surface area contributed by atoms with Gasteiger partial charge in [-0.1, -0.05) is 48.0 Å². The fraction of sp³-hybridized carbons (Fsp3) is 0.120. The third-order valence-corrected chi connectivity index (χ3v) is 6.88. The van der Waals surface area contributed by atoms with Crippen molar-refractivity contribution in [2.24, 2.45) is 0 Å². The molecule has 32 heavy (non-hydrogen) atoms. The van der Waals surface area contributed by atoms with Gasteiger partial charge in [-0.25, -0.2) is 4.68 Å². The maximum atomic E-state index is 6.64. The Balaban J connectivity index is 1.61. The van der Waals surface area contributed by atoms with Crippen LogP contribution in [0.2, 0.25) is 5.02 Å². The average molecular weight is 459 g/mol. The number of ether oxygens (including phenoxy) is 1. The van der Waals surface area contributed by atoms with Gasteiger partial charge >= 0.3 is 0 Å². The summed E-state index contributed by atoms with van der Waals surface area (Å²) < 4.78 is 8.54. The number of hydrogen-bond donors (Lipinski definition) is 1. The zero-order chi connectivity index (χ0) is 21.7. The lowest BCUT2D eigenvalue weighted by molar-refractivity contribution is 0.223. The van der Waals surface area contributed by atoms with Crippen molar-refractivity contribution < 1.29 is 4.74 Å². The van der Waals surface area contributed by atoms with E-state index in [2.05, 4.69) is 58.1 Å². The predicted molar refractivity (Wildman–Crippen MR) is 128 cm³/mol. The molecule has 2 aliphatic rings. The molecule has 0 saturated carbocycles. The molecule has 2 aliphatic heterocycles. The molecule has 0 spiro atoms. The minimum absolute atomic E-state index is 0.207. The van der Waals surface area contributed by atoms with Crippen LogP contribution in [-0.4, -0.2) is 21.0 Å². The van der Waals surface area contributed by atoms with Gasteiger partial charge in [0.25, 0.3) is 0 Å². The molecule has 0 amide bonds. The van der Waals surface area contributed by atoms with Gasteiger partial charge in [0.1, 0.15) is 24.2 Å². The van der Waals surface area contributed by atoms with Gasteiger partial charge in [0.15, 0.2) is 0 Å². The number of hydrogen-bond acceptors (Lipinski definition) is 5. The van der Waals surface area contributed by atoms with Crippen LogP contribution in [0.1, 0.15) is 28.8 Å². The molecule has 0 radical (unpaired) electrons. The first kappa shape index (κ1) is 19.5. The molecule has 6 rings (SSSR count). The van der Waals surface area contributed by atoms with E-state index in [0.29, 0.717) is 11.0 Å². The van der Waals surface area contributed by atoms with Gasteiger partial charge < -0.3 is 10.1 Å². The Hall–Kier alpha value is -3.22. The lowest BCUT2D eigenvalue weighted by Crippen LogP contribution is -2.32. The Morgan fingerprint density at radius 1 is 1.00 bits per heavy atom. The van der Waals surface area contributed by atoms with Gasteiger partial charge in [0.2, 0.25) is 5.95 Å². The van der Waals surface area contributed by atoms with Crippen molar-refractivity contribution in [2.45, 2.75) is 17.0 Å². The van der Waals surface area contributed by atoms with Crippen molar-refractivity contribution in [1.29, 1.82) is 0 Å². The summed E-state index contributed by atoms with van der Waals surface area (Å²) in [5, 5.41) is 8.76.